The maximum atomic E-state index is 12.0. The Morgan fingerprint density at radius 3 is 2.94 bits per heavy atom. The summed E-state index contributed by atoms with van der Waals surface area (Å²) in [6, 6.07) is 6.14. The molecule has 98 valence electrons. The molecule has 1 unspecified atom stereocenters. The molecule has 0 spiro atoms. The van der Waals surface area contributed by atoms with E-state index in [1.807, 2.05) is 18.2 Å². The van der Waals surface area contributed by atoms with Gasteiger partial charge >= 0.3 is 0 Å². The van der Waals surface area contributed by atoms with Crippen molar-refractivity contribution >= 4 is 37.8 Å². The minimum absolute atomic E-state index is 0.0210. The van der Waals surface area contributed by atoms with Crippen LogP contribution in [0.5, 0.6) is 0 Å². The summed E-state index contributed by atoms with van der Waals surface area (Å²) in [5.74, 6) is -0.0210. The van der Waals surface area contributed by atoms with E-state index >= 15 is 0 Å². The number of rotatable bonds is 4. The zero-order chi connectivity index (χ0) is 13.0. The molecule has 1 heterocycles. The molecule has 18 heavy (non-hydrogen) atoms. The Kier molecular flexibility index (Phi) is 5.21. The highest BCUT2D eigenvalue weighted by atomic mass is 79.9. The Morgan fingerprint density at radius 1 is 1.44 bits per heavy atom. The first-order chi connectivity index (χ1) is 8.66. The van der Waals surface area contributed by atoms with Gasteiger partial charge < -0.3 is 10.6 Å². The van der Waals surface area contributed by atoms with Gasteiger partial charge in [-0.2, -0.15) is 0 Å². The lowest BCUT2D eigenvalue weighted by Crippen LogP contribution is -2.30. The third-order valence-corrected chi connectivity index (χ3v) is 4.27. The van der Waals surface area contributed by atoms with Crippen LogP contribution >= 0.6 is 31.9 Å². The van der Waals surface area contributed by atoms with Gasteiger partial charge in [-0.05, 0) is 59.9 Å². The summed E-state index contributed by atoms with van der Waals surface area (Å²) in [6.07, 6.45) is 3.47. The highest BCUT2D eigenvalue weighted by Gasteiger charge is 2.14. The van der Waals surface area contributed by atoms with Gasteiger partial charge in [-0.25, -0.2) is 0 Å². The van der Waals surface area contributed by atoms with Crippen LogP contribution in [-0.2, 0) is 0 Å². The first-order valence-electron chi connectivity index (χ1n) is 6.13. The number of benzene rings is 1. The Bertz CT molecular complexity index is 431. The highest BCUT2D eigenvalue weighted by molar-refractivity contribution is 9.11. The summed E-state index contributed by atoms with van der Waals surface area (Å²) >= 11 is 6.78. The predicted molar refractivity (Wildman–Crippen MR) is 79.8 cm³/mol. The first-order valence-corrected chi connectivity index (χ1v) is 7.72. The molecule has 0 radical (unpaired) electrons. The van der Waals surface area contributed by atoms with E-state index in [1.54, 1.807) is 0 Å². The fraction of sp³-hybridized carbons (Fsp3) is 0.462. The number of carbonyl (C=O) groups is 1. The van der Waals surface area contributed by atoms with Crippen molar-refractivity contribution in [3.05, 3.63) is 32.7 Å². The fourth-order valence-electron chi connectivity index (χ4n) is 2.13. The summed E-state index contributed by atoms with van der Waals surface area (Å²) in [6.45, 7) is 1.83. The van der Waals surface area contributed by atoms with E-state index in [2.05, 4.69) is 42.5 Å². The van der Waals surface area contributed by atoms with E-state index in [0.717, 1.165) is 28.5 Å². The minimum Gasteiger partial charge on any atom is -0.352 e. The SMILES string of the molecule is O=C(NCCC1CCCN1)c1ccc(Br)cc1Br. The predicted octanol–water partition coefficient (Wildman–Crippen LogP) is 3.08. The Balaban J connectivity index is 1.83. The van der Waals surface area contributed by atoms with Gasteiger partial charge in [0.2, 0.25) is 0 Å². The lowest BCUT2D eigenvalue weighted by Gasteiger charge is -2.11. The monoisotopic (exact) mass is 374 g/mol. The van der Waals surface area contributed by atoms with Crippen molar-refractivity contribution in [2.45, 2.75) is 25.3 Å². The molecule has 1 fully saturated rings. The molecule has 3 nitrogen and oxygen atoms in total. The van der Waals surface area contributed by atoms with E-state index in [-0.39, 0.29) is 5.91 Å². The third-order valence-electron chi connectivity index (χ3n) is 3.12. The smallest absolute Gasteiger partial charge is 0.252 e. The van der Waals surface area contributed by atoms with Gasteiger partial charge in [0.25, 0.3) is 5.91 Å². The van der Waals surface area contributed by atoms with Crippen LogP contribution in [-0.4, -0.2) is 25.0 Å². The molecule has 0 aromatic heterocycles. The minimum atomic E-state index is -0.0210. The maximum absolute atomic E-state index is 12.0. The summed E-state index contributed by atoms with van der Waals surface area (Å²) in [5, 5.41) is 6.38. The van der Waals surface area contributed by atoms with E-state index in [4.69, 9.17) is 0 Å². The lowest BCUT2D eigenvalue weighted by atomic mass is 10.1. The highest BCUT2D eigenvalue weighted by Crippen LogP contribution is 2.21. The van der Waals surface area contributed by atoms with Gasteiger partial charge in [-0.3, -0.25) is 4.79 Å². The second-order valence-electron chi connectivity index (χ2n) is 4.46. The average molecular weight is 376 g/mol. The number of carbonyl (C=O) groups excluding carboxylic acids is 1. The van der Waals surface area contributed by atoms with Crippen molar-refractivity contribution in [2.24, 2.45) is 0 Å². The number of hydrogen-bond donors (Lipinski definition) is 2. The van der Waals surface area contributed by atoms with Crippen LogP contribution in [0.4, 0.5) is 0 Å². The number of halogens is 2. The average Bonchev–Trinajstić information content (AvgIpc) is 2.81. The molecule has 1 aliphatic heterocycles. The van der Waals surface area contributed by atoms with Gasteiger partial charge in [-0.15, -0.1) is 0 Å². The Hall–Kier alpha value is -0.390. The molecule has 0 saturated carbocycles. The van der Waals surface area contributed by atoms with Crippen LogP contribution < -0.4 is 10.6 Å². The Labute approximate surface area is 124 Å². The molecular weight excluding hydrogens is 360 g/mol. The van der Waals surface area contributed by atoms with E-state index in [0.29, 0.717) is 11.6 Å². The molecule has 0 aliphatic carbocycles. The molecule has 2 rings (SSSR count). The number of hydrogen-bond acceptors (Lipinski definition) is 2. The molecule has 2 N–H and O–H groups in total. The quantitative estimate of drug-likeness (QED) is 0.848. The van der Waals surface area contributed by atoms with E-state index in [1.165, 1.54) is 12.8 Å². The number of nitrogens with one attached hydrogen (secondary N) is 2. The molecule has 5 heteroatoms. The topological polar surface area (TPSA) is 41.1 Å². The fourth-order valence-corrected chi connectivity index (χ4v) is 3.36. The molecular formula is C13H16Br2N2O. The van der Waals surface area contributed by atoms with Gasteiger partial charge in [0, 0.05) is 21.5 Å². The maximum Gasteiger partial charge on any atom is 0.252 e. The zero-order valence-electron chi connectivity index (χ0n) is 10.0. The standard InChI is InChI=1S/C13H16Br2N2O/c14-9-3-4-11(12(15)8-9)13(18)17-7-5-10-2-1-6-16-10/h3-4,8,10,16H,1-2,5-7H2,(H,17,18). The van der Waals surface area contributed by atoms with Gasteiger partial charge in [-0.1, -0.05) is 15.9 Å². The summed E-state index contributed by atoms with van der Waals surface area (Å²) in [4.78, 5) is 12.0. The van der Waals surface area contributed by atoms with Crippen molar-refractivity contribution in [1.82, 2.24) is 10.6 Å². The number of amides is 1. The molecule has 1 amide bonds. The van der Waals surface area contributed by atoms with Crippen LogP contribution in [0.1, 0.15) is 29.6 Å². The van der Waals surface area contributed by atoms with Crippen molar-refractivity contribution in [2.75, 3.05) is 13.1 Å². The van der Waals surface area contributed by atoms with Crippen molar-refractivity contribution < 1.29 is 4.79 Å². The third kappa shape index (κ3) is 3.80. The van der Waals surface area contributed by atoms with Crippen LogP contribution in [0.15, 0.2) is 27.1 Å². The van der Waals surface area contributed by atoms with Crippen LogP contribution in [0, 0.1) is 0 Å². The van der Waals surface area contributed by atoms with Crippen LogP contribution in [0.3, 0.4) is 0 Å². The van der Waals surface area contributed by atoms with Crippen molar-refractivity contribution in [1.29, 1.82) is 0 Å². The zero-order valence-corrected chi connectivity index (χ0v) is 13.2. The summed E-state index contributed by atoms with van der Waals surface area (Å²) in [5.41, 5.74) is 0.678. The molecule has 1 saturated heterocycles. The van der Waals surface area contributed by atoms with Crippen LogP contribution in [0.2, 0.25) is 0 Å². The molecule has 1 aromatic rings. The van der Waals surface area contributed by atoms with Gasteiger partial charge in [0.15, 0.2) is 0 Å². The summed E-state index contributed by atoms with van der Waals surface area (Å²) < 4.78 is 1.77. The first kappa shape index (κ1) is 14.0. The van der Waals surface area contributed by atoms with Crippen molar-refractivity contribution in [3.63, 3.8) is 0 Å². The molecule has 1 atom stereocenters. The van der Waals surface area contributed by atoms with E-state index < -0.39 is 0 Å². The van der Waals surface area contributed by atoms with Gasteiger partial charge in [0.05, 0.1) is 5.56 Å². The van der Waals surface area contributed by atoms with Crippen LogP contribution in [0.25, 0.3) is 0 Å². The lowest BCUT2D eigenvalue weighted by molar-refractivity contribution is 0.0951. The van der Waals surface area contributed by atoms with Crippen molar-refractivity contribution in [3.8, 4) is 0 Å². The largest absolute Gasteiger partial charge is 0.352 e. The second-order valence-corrected chi connectivity index (χ2v) is 6.23. The van der Waals surface area contributed by atoms with E-state index in [9.17, 15) is 4.79 Å². The molecule has 0 bridgehead atoms. The normalized spacial score (nSPS) is 18.9. The Morgan fingerprint density at radius 2 is 2.28 bits per heavy atom. The molecule has 1 aromatic carbocycles. The second kappa shape index (κ2) is 6.68. The molecule has 1 aliphatic rings. The van der Waals surface area contributed by atoms with Gasteiger partial charge in [0.1, 0.15) is 0 Å². The summed E-state index contributed by atoms with van der Waals surface area (Å²) in [7, 11) is 0.